The number of hydrogen-bond acceptors (Lipinski definition) is 3. The van der Waals surface area contributed by atoms with E-state index < -0.39 is 0 Å². The van der Waals surface area contributed by atoms with Crippen LogP contribution >= 0.6 is 0 Å². The van der Waals surface area contributed by atoms with E-state index in [1.807, 2.05) is 0 Å². The van der Waals surface area contributed by atoms with Crippen molar-refractivity contribution >= 4 is 0 Å². The SMILES string of the molecule is COCC1=CCN(CC2CCNC2C)CC1. The lowest BCUT2D eigenvalue weighted by Gasteiger charge is -2.29. The lowest BCUT2D eigenvalue weighted by molar-refractivity contribution is 0.202. The smallest absolute Gasteiger partial charge is 0.0673 e. The van der Waals surface area contributed by atoms with Crippen LogP contribution in [0.5, 0.6) is 0 Å². The normalized spacial score (nSPS) is 31.8. The molecule has 0 aliphatic carbocycles. The molecule has 1 saturated heterocycles. The van der Waals surface area contributed by atoms with Gasteiger partial charge in [-0.15, -0.1) is 0 Å². The maximum atomic E-state index is 5.17. The van der Waals surface area contributed by atoms with Gasteiger partial charge in [-0.05, 0) is 37.8 Å². The molecule has 0 aromatic rings. The molecule has 2 aliphatic heterocycles. The Morgan fingerprint density at radius 2 is 2.44 bits per heavy atom. The molecule has 0 radical (unpaired) electrons. The highest BCUT2D eigenvalue weighted by Gasteiger charge is 2.25. The molecule has 0 saturated carbocycles. The average Bonchev–Trinajstić information content (AvgIpc) is 2.68. The Hall–Kier alpha value is -0.380. The van der Waals surface area contributed by atoms with Crippen LogP contribution in [0.3, 0.4) is 0 Å². The van der Waals surface area contributed by atoms with Gasteiger partial charge in [0.2, 0.25) is 0 Å². The average molecular weight is 224 g/mol. The van der Waals surface area contributed by atoms with Gasteiger partial charge in [0.15, 0.2) is 0 Å². The molecule has 3 nitrogen and oxygen atoms in total. The fourth-order valence-electron chi connectivity index (χ4n) is 2.73. The molecule has 1 N–H and O–H groups in total. The molecular weight excluding hydrogens is 200 g/mol. The van der Waals surface area contributed by atoms with E-state index in [0.29, 0.717) is 6.04 Å². The Morgan fingerprint density at radius 3 is 3.00 bits per heavy atom. The van der Waals surface area contributed by atoms with E-state index in [4.69, 9.17) is 4.74 Å². The summed E-state index contributed by atoms with van der Waals surface area (Å²) >= 11 is 0. The van der Waals surface area contributed by atoms with E-state index in [-0.39, 0.29) is 0 Å². The number of rotatable bonds is 4. The largest absolute Gasteiger partial charge is 0.380 e. The molecule has 2 heterocycles. The van der Waals surface area contributed by atoms with Crippen molar-refractivity contribution < 1.29 is 4.74 Å². The topological polar surface area (TPSA) is 24.5 Å². The molecule has 92 valence electrons. The molecule has 3 heteroatoms. The van der Waals surface area contributed by atoms with Crippen LogP contribution in [0.15, 0.2) is 11.6 Å². The first kappa shape index (κ1) is 12.1. The van der Waals surface area contributed by atoms with Crippen molar-refractivity contribution in [3.63, 3.8) is 0 Å². The highest BCUT2D eigenvalue weighted by Crippen LogP contribution is 2.19. The van der Waals surface area contributed by atoms with Gasteiger partial charge in [0.1, 0.15) is 0 Å². The second-order valence-corrected chi connectivity index (χ2v) is 5.10. The second-order valence-electron chi connectivity index (χ2n) is 5.10. The summed E-state index contributed by atoms with van der Waals surface area (Å²) in [5.74, 6) is 0.845. The van der Waals surface area contributed by atoms with Gasteiger partial charge in [0.05, 0.1) is 6.61 Å². The predicted molar refractivity (Wildman–Crippen MR) is 66.6 cm³/mol. The minimum absolute atomic E-state index is 0.698. The fraction of sp³-hybridized carbons (Fsp3) is 0.846. The van der Waals surface area contributed by atoms with E-state index >= 15 is 0 Å². The van der Waals surface area contributed by atoms with Crippen LogP contribution in [0.1, 0.15) is 19.8 Å². The molecule has 0 aromatic carbocycles. The van der Waals surface area contributed by atoms with Gasteiger partial charge >= 0.3 is 0 Å². The van der Waals surface area contributed by atoms with E-state index in [9.17, 15) is 0 Å². The maximum Gasteiger partial charge on any atom is 0.0673 e. The molecule has 2 rings (SSSR count). The zero-order valence-electron chi connectivity index (χ0n) is 10.5. The molecule has 16 heavy (non-hydrogen) atoms. The first-order valence-electron chi connectivity index (χ1n) is 6.42. The molecular formula is C13H24N2O. The lowest BCUT2D eigenvalue weighted by Crippen LogP contribution is -2.37. The first-order chi connectivity index (χ1) is 7.79. The van der Waals surface area contributed by atoms with Crippen LogP contribution in [0.25, 0.3) is 0 Å². The molecule has 0 spiro atoms. The summed E-state index contributed by atoms with van der Waals surface area (Å²) in [7, 11) is 1.78. The number of methoxy groups -OCH3 is 1. The summed E-state index contributed by atoms with van der Waals surface area (Å²) in [6.45, 7) is 7.90. The third-order valence-electron chi connectivity index (χ3n) is 3.90. The quantitative estimate of drug-likeness (QED) is 0.728. The molecule has 0 aromatic heterocycles. The van der Waals surface area contributed by atoms with Gasteiger partial charge in [-0.1, -0.05) is 6.08 Å². The summed E-state index contributed by atoms with van der Waals surface area (Å²) in [6.07, 6.45) is 4.87. The van der Waals surface area contributed by atoms with Crippen LogP contribution in [0.4, 0.5) is 0 Å². The van der Waals surface area contributed by atoms with Crippen molar-refractivity contribution in [1.82, 2.24) is 10.2 Å². The maximum absolute atomic E-state index is 5.17. The summed E-state index contributed by atoms with van der Waals surface area (Å²) in [4.78, 5) is 2.58. The second kappa shape index (κ2) is 5.80. The van der Waals surface area contributed by atoms with Crippen molar-refractivity contribution in [1.29, 1.82) is 0 Å². The van der Waals surface area contributed by atoms with Gasteiger partial charge in [-0.25, -0.2) is 0 Å². The van der Waals surface area contributed by atoms with Crippen molar-refractivity contribution in [2.24, 2.45) is 5.92 Å². The van der Waals surface area contributed by atoms with Crippen LogP contribution in [0.2, 0.25) is 0 Å². The van der Waals surface area contributed by atoms with Crippen LogP contribution in [0, 0.1) is 5.92 Å². The van der Waals surface area contributed by atoms with Crippen LogP contribution in [-0.2, 0) is 4.74 Å². The minimum atomic E-state index is 0.698. The molecule has 2 atom stereocenters. The van der Waals surface area contributed by atoms with Crippen molar-refractivity contribution in [2.75, 3.05) is 39.9 Å². The monoisotopic (exact) mass is 224 g/mol. The van der Waals surface area contributed by atoms with Gasteiger partial charge in [-0.3, -0.25) is 4.90 Å². The highest BCUT2D eigenvalue weighted by atomic mass is 16.5. The number of nitrogens with zero attached hydrogens (tertiary/aromatic N) is 1. The number of ether oxygens (including phenoxy) is 1. The molecule has 0 amide bonds. The van der Waals surface area contributed by atoms with Gasteiger partial charge < -0.3 is 10.1 Å². The number of hydrogen-bond donors (Lipinski definition) is 1. The third-order valence-corrected chi connectivity index (χ3v) is 3.90. The zero-order chi connectivity index (χ0) is 11.4. The third kappa shape index (κ3) is 3.06. The highest BCUT2D eigenvalue weighted by molar-refractivity contribution is 5.07. The summed E-state index contributed by atoms with van der Waals surface area (Å²) in [5.41, 5.74) is 1.47. The predicted octanol–water partition coefficient (Wildman–Crippen LogP) is 1.26. The summed E-state index contributed by atoms with van der Waals surface area (Å²) < 4.78 is 5.17. The minimum Gasteiger partial charge on any atom is -0.380 e. The zero-order valence-corrected chi connectivity index (χ0v) is 10.5. The Bertz CT molecular complexity index is 252. The standard InChI is InChI=1S/C13H24N2O/c1-11-13(3-6-14-11)9-15-7-4-12(5-8-15)10-16-2/h4,11,13-14H,3,5-10H2,1-2H3. The van der Waals surface area contributed by atoms with E-state index in [1.54, 1.807) is 7.11 Å². The van der Waals surface area contributed by atoms with Crippen LogP contribution < -0.4 is 5.32 Å². The molecule has 0 bridgehead atoms. The Balaban J connectivity index is 1.76. The van der Waals surface area contributed by atoms with E-state index in [2.05, 4.69) is 23.2 Å². The van der Waals surface area contributed by atoms with E-state index in [1.165, 1.54) is 38.0 Å². The Morgan fingerprint density at radius 1 is 1.56 bits per heavy atom. The van der Waals surface area contributed by atoms with Crippen LogP contribution in [-0.4, -0.2) is 50.8 Å². The summed E-state index contributed by atoms with van der Waals surface area (Å²) in [5, 5.41) is 3.53. The molecule has 2 aliphatic rings. The molecule has 1 fully saturated rings. The lowest BCUT2D eigenvalue weighted by atomic mass is 10.00. The van der Waals surface area contributed by atoms with Crippen molar-refractivity contribution in [3.05, 3.63) is 11.6 Å². The van der Waals surface area contributed by atoms with Crippen molar-refractivity contribution in [2.45, 2.75) is 25.8 Å². The van der Waals surface area contributed by atoms with Crippen molar-refractivity contribution in [3.8, 4) is 0 Å². The van der Waals surface area contributed by atoms with E-state index in [0.717, 1.165) is 19.1 Å². The fourth-order valence-corrected chi connectivity index (χ4v) is 2.73. The Kier molecular flexibility index (Phi) is 4.38. The van der Waals surface area contributed by atoms with Gasteiger partial charge in [0, 0.05) is 32.8 Å². The van der Waals surface area contributed by atoms with Gasteiger partial charge in [-0.2, -0.15) is 0 Å². The molecule has 2 unspecified atom stereocenters. The van der Waals surface area contributed by atoms with Gasteiger partial charge in [0.25, 0.3) is 0 Å². The Labute approximate surface area is 98.8 Å². The number of nitrogens with one attached hydrogen (secondary N) is 1. The first-order valence-corrected chi connectivity index (χ1v) is 6.42. The summed E-state index contributed by atoms with van der Waals surface area (Å²) in [6, 6.07) is 0.698.